The van der Waals surface area contributed by atoms with Crippen molar-refractivity contribution in [2.75, 3.05) is 13.6 Å². The molecule has 218 valence electrons. The minimum Gasteiger partial charge on any atom is -0.475 e. The summed E-state index contributed by atoms with van der Waals surface area (Å²) in [6.45, 7) is 0.151. The third-order valence-electron chi connectivity index (χ3n) is 9.21. The Bertz CT molecular complexity index is 1300. The zero-order chi connectivity index (χ0) is 28.9. The smallest absolute Gasteiger partial charge is 0.266 e. The predicted molar refractivity (Wildman–Crippen MR) is 144 cm³/mol. The Kier molecular flexibility index (Phi) is 6.91. The second-order valence-corrected chi connectivity index (χ2v) is 12.5. The molecule has 2 aliphatic heterocycles. The van der Waals surface area contributed by atoms with Gasteiger partial charge in [-0.25, -0.2) is 4.39 Å². The maximum absolute atomic E-state index is 14.5. The average molecular weight is 566 g/mol. The van der Waals surface area contributed by atoms with Crippen LogP contribution in [0.5, 0.6) is 5.75 Å². The van der Waals surface area contributed by atoms with Gasteiger partial charge in [0, 0.05) is 25.6 Å². The fourth-order valence-electron chi connectivity index (χ4n) is 6.02. The van der Waals surface area contributed by atoms with E-state index >= 15 is 0 Å². The van der Waals surface area contributed by atoms with Gasteiger partial charge < -0.3 is 25.2 Å². The van der Waals surface area contributed by atoms with Gasteiger partial charge in [-0.1, -0.05) is 43.9 Å². The molecule has 5 aliphatic rings. The number of fused-ring (bicyclic) bond motifs is 1. The van der Waals surface area contributed by atoms with Crippen molar-refractivity contribution in [2.45, 2.75) is 93.7 Å². The molecule has 0 aromatic heterocycles. The lowest BCUT2D eigenvalue weighted by Gasteiger charge is -2.34. The van der Waals surface area contributed by atoms with Crippen LogP contribution in [-0.2, 0) is 25.7 Å². The van der Waals surface area contributed by atoms with E-state index in [-0.39, 0.29) is 50.1 Å². The Balaban J connectivity index is 1.23. The topological polar surface area (TPSA) is 132 Å². The molecule has 4 atom stereocenters. The number of nitriles is 1. The maximum atomic E-state index is 14.5. The Morgan fingerprint density at radius 1 is 1.20 bits per heavy atom. The number of halogens is 1. The Hall–Kier alpha value is -3.68. The molecule has 41 heavy (non-hydrogen) atoms. The van der Waals surface area contributed by atoms with Crippen molar-refractivity contribution >= 4 is 23.6 Å². The molecule has 1 saturated heterocycles. The number of likely N-dealkylation sites (N-methyl/N-ethyl adjacent to an activating group) is 1. The fraction of sp³-hybridized carbons (Fsp3) is 0.633. The van der Waals surface area contributed by atoms with Crippen LogP contribution in [0, 0.1) is 23.2 Å². The minimum atomic E-state index is -1.91. The Morgan fingerprint density at radius 3 is 2.54 bits per heavy atom. The van der Waals surface area contributed by atoms with Crippen molar-refractivity contribution in [3.05, 3.63) is 29.8 Å². The van der Waals surface area contributed by atoms with Crippen LogP contribution in [0.2, 0.25) is 0 Å². The zero-order valence-electron chi connectivity index (χ0n) is 23.2. The molecule has 4 fully saturated rings. The fourth-order valence-corrected chi connectivity index (χ4v) is 6.02. The number of hydrogen-bond donors (Lipinski definition) is 2. The van der Waals surface area contributed by atoms with Gasteiger partial charge >= 0.3 is 0 Å². The molecule has 3 aliphatic carbocycles. The third kappa shape index (κ3) is 5.48. The molecular formula is C30H36FN5O5. The molecule has 4 amide bonds. The monoisotopic (exact) mass is 565 g/mol. The molecule has 1 aromatic carbocycles. The normalized spacial score (nSPS) is 27.4. The Labute approximate surface area is 238 Å². The molecule has 1 aromatic rings. The first-order valence-corrected chi connectivity index (χ1v) is 14.6. The van der Waals surface area contributed by atoms with E-state index in [1.807, 2.05) is 12.1 Å². The van der Waals surface area contributed by atoms with Gasteiger partial charge in [0.1, 0.15) is 23.9 Å². The van der Waals surface area contributed by atoms with Crippen molar-refractivity contribution in [3.8, 4) is 11.8 Å². The molecule has 2 heterocycles. The second-order valence-electron chi connectivity index (χ2n) is 12.5. The number of carbonyl (C=O) groups excluding carboxylic acids is 4. The molecule has 1 spiro atoms. The summed E-state index contributed by atoms with van der Waals surface area (Å²) >= 11 is 0. The second kappa shape index (κ2) is 10.3. The maximum Gasteiger partial charge on any atom is 0.266 e. The SMILES string of the molecule is CN(C(=O)[C@H](CC1CC1)NC(=O)C1(F)CC1)[C@@H](CC1CC1)C(=O)N1C[C@@]2(CC1C#N)Oc1ccccc1CNC2=O. The summed E-state index contributed by atoms with van der Waals surface area (Å²) in [6.07, 6.45) is 4.87. The van der Waals surface area contributed by atoms with Crippen molar-refractivity contribution in [3.63, 3.8) is 0 Å². The van der Waals surface area contributed by atoms with E-state index in [4.69, 9.17) is 4.74 Å². The molecule has 1 unspecified atom stereocenters. The third-order valence-corrected chi connectivity index (χ3v) is 9.21. The number of carbonyl (C=O) groups is 4. The lowest BCUT2D eigenvalue weighted by atomic mass is 9.99. The van der Waals surface area contributed by atoms with Crippen molar-refractivity contribution in [2.24, 2.45) is 11.8 Å². The van der Waals surface area contributed by atoms with Gasteiger partial charge in [-0.05, 0) is 43.6 Å². The number of benzene rings is 1. The quantitative estimate of drug-likeness (QED) is 0.471. The van der Waals surface area contributed by atoms with Crippen molar-refractivity contribution in [1.82, 2.24) is 20.4 Å². The van der Waals surface area contributed by atoms with Crippen molar-refractivity contribution in [1.29, 1.82) is 5.26 Å². The minimum absolute atomic E-state index is 0.00214. The highest BCUT2D eigenvalue weighted by atomic mass is 19.1. The number of alkyl halides is 1. The summed E-state index contributed by atoms with van der Waals surface area (Å²) < 4.78 is 20.7. The summed E-state index contributed by atoms with van der Waals surface area (Å²) in [4.78, 5) is 56.6. The number of likely N-dealkylation sites (tertiary alicyclic amines) is 1. The average Bonchev–Trinajstić information content (AvgIpc) is 3.85. The molecule has 6 rings (SSSR count). The Morgan fingerprint density at radius 2 is 1.88 bits per heavy atom. The lowest BCUT2D eigenvalue weighted by Crippen LogP contribution is -2.57. The van der Waals surface area contributed by atoms with Gasteiger partial charge in [0.15, 0.2) is 5.67 Å². The molecule has 3 saturated carbocycles. The predicted octanol–water partition coefficient (Wildman–Crippen LogP) is 1.97. The molecule has 11 heteroatoms. The van der Waals surface area contributed by atoms with Gasteiger partial charge in [0.05, 0.1) is 12.6 Å². The standard InChI is InChI=1S/C30H36FN5O5/c1-35(25(37)22(12-18-6-7-18)34-27(39)29(31)10-11-29)23(13-19-8-9-19)26(38)36-17-30(14-21(36)15-32)28(40)33-16-20-4-2-3-5-24(20)41-30/h2-5,18-19,21-23H,6-14,16-17H2,1H3,(H,33,40)(H,34,39)/t21?,22-,23-,30+/m0/s1. The molecule has 10 nitrogen and oxygen atoms in total. The van der Waals surface area contributed by atoms with Crippen molar-refractivity contribution < 1.29 is 28.3 Å². The molecule has 0 radical (unpaired) electrons. The van der Waals surface area contributed by atoms with Crippen LogP contribution in [0.1, 0.15) is 63.4 Å². The van der Waals surface area contributed by atoms with E-state index in [0.717, 1.165) is 31.2 Å². The highest BCUT2D eigenvalue weighted by Gasteiger charge is 2.56. The van der Waals surface area contributed by atoms with E-state index in [1.165, 1.54) is 9.80 Å². The van der Waals surface area contributed by atoms with Crippen LogP contribution >= 0.6 is 0 Å². The summed E-state index contributed by atoms with van der Waals surface area (Å²) in [7, 11) is 1.54. The van der Waals surface area contributed by atoms with E-state index in [9.17, 15) is 28.8 Å². The van der Waals surface area contributed by atoms with Crippen LogP contribution in [-0.4, -0.2) is 76.4 Å². The first-order chi connectivity index (χ1) is 19.6. The highest BCUT2D eigenvalue weighted by molar-refractivity contribution is 5.96. The molecule has 2 N–H and O–H groups in total. The summed E-state index contributed by atoms with van der Waals surface area (Å²) in [6, 6.07) is 6.71. The van der Waals surface area contributed by atoms with E-state index in [2.05, 4.69) is 16.7 Å². The number of nitrogens with zero attached hydrogens (tertiary/aromatic N) is 3. The number of hydrogen-bond acceptors (Lipinski definition) is 6. The largest absolute Gasteiger partial charge is 0.475 e. The summed E-state index contributed by atoms with van der Waals surface area (Å²) in [5, 5.41) is 15.6. The number of nitrogens with one attached hydrogen (secondary N) is 2. The summed E-state index contributed by atoms with van der Waals surface area (Å²) in [5.41, 5.74) is -2.54. The molecule has 0 bridgehead atoms. The van der Waals surface area contributed by atoms with Crippen LogP contribution in [0.25, 0.3) is 0 Å². The first-order valence-electron chi connectivity index (χ1n) is 14.6. The molecular weight excluding hydrogens is 529 g/mol. The van der Waals surface area contributed by atoms with E-state index in [0.29, 0.717) is 18.6 Å². The van der Waals surface area contributed by atoms with E-state index < -0.39 is 47.1 Å². The summed E-state index contributed by atoms with van der Waals surface area (Å²) in [5.74, 6) is -0.951. The van der Waals surface area contributed by atoms with Gasteiger partial charge in [-0.3, -0.25) is 19.2 Å². The van der Waals surface area contributed by atoms with Gasteiger partial charge in [-0.2, -0.15) is 5.26 Å². The van der Waals surface area contributed by atoms with Crippen LogP contribution in [0.3, 0.4) is 0 Å². The first kappa shape index (κ1) is 27.5. The zero-order valence-corrected chi connectivity index (χ0v) is 23.2. The van der Waals surface area contributed by atoms with Crippen LogP contribution in [0.4, 0.5) is 4.39 Å². The van der Waals surface area contributed by atoms with Crippen LogP contribution < -0.4 is 15.4 Å². The number of ether oxygens (including phenoxy) is 1. The van der Waals surface area contributed by atoms with Gasteiger partial charge in [0.2, 0.25) is 17.4 Å². The van der Waals surface area contributed by atoms with Crippen LogP contribution in [0.15, 0.2) is 24.3 Å². The van der Waals surface area contributed by atoms with Gasteiger partial charge in [0.25, 0.3) is 11.8 Å². The number of amides is 4. The van der Waals surface area contributed by atoms with E-state index in [1.54, 1.807) is 19.2 Å². The number of para-hydroxylation sites is 1. The lowest BCUT2D eigenvalue weighted by molar-refractivity contribution is -0.148. The highest BCUT2D eigenvalue weighted by Crippen LogP contribution is 2.42. The number of rotatable bonds is 9. The van der Waals surface area contributed by atoms with Gasteiger partial charge in [-0.15, -0.1) is 0 Å².